The predicted molar refractivity (Wildman–Crippen MR) is 152 cm³/mol. The lowest BCUT2D eigenvalue weighted by Crippen LogP contribution is -2.54. The second kappa shape index (κ2) is 9.36. The van der Waals surface area contributed by atoms with E-state index in [1.54, 1.807) is 36.3 Å². The molecule has 3 aliphatic rings. The third-order valence-electron chi connectivity index (χ3n) is 8.04. The Morgan fingerprint density at radius 2 is 1.76 bits per heavy atom. The molecule has 4 heterocycles. The van der Waals surface area contributed by atoms with Crippen LogP contribution in [0.3, 0.4) is 0 Å². The van der Waals surface area contributed by atoms with Gasteiger partial charge in [0.1, 0.15) is 6.04 Å². The average molecular weight is 552 g/mol. The summed E-state index contributed by atoms with van der Waals surface area (Å²) in [6, 6.07) is 11.7. The first-order chi connectivity index (χ1) is 19.5. The first-order valence-electron chi connectivity index (χ1n) is 13.5. The van der Waals surface area contributed by atoms with Gasteiger partial charge in [-0.15, -0.1) is 0 Å². The number of rotatable bonds is 4. The van der Waals surface area contributed by atoms with E-state index < -0.39 is 35.1 Å². The second-order valence-electron chi connectivity index (χ2n) is 11.4. The molecular weight excluding hydrogens is 522 g/mol. The van der Waals surface area contributed by atoms with Crippen LogP contribution in [-0.4, -0.2) is 52.5 Å². The maximum absolute atomic E-state index is 13.7. The molecule has 10 heteroatoms. The number of piperidine rings is 1. The third kappa shape index (κ3) is 4.26. The molecule has 3 aromatic rings. The van der Waals surface area contributed by atoms with Gasteiger partial charge in [0.05, 0.1) is 16.8 Å². The van der Waals surface area contributed by atoms with Gasteiger partial charge in [0, 0.05) is 47.7 Å². The first kappa shape index (κ1) is 26.4. The van der Waals surface area contributed by atoms with E-state index in [9.17, 15) is 24.0 Å². The zero-order valence-electron chi connectivity index (χ0n) is 23.2. The topological polar surface area (TPSA) is 129 Å². The van der Waals surface area contributed by atoms with Crippen molar-refractivity contribution in [2.45, 2.75) is 46.1 Å². The summed E-state index contributed by atoms with van der Waals surface area (Å²) in [6.07, 6.45) is 2.42. The molecule has 1 atom stereocenters. The van der Waals surface area contributed by atoms with Crippen LogP contribution in [0.5, 0.6) is 0 Å². The Morgan fingerprint density at radius 1 is 0.976 bits per heavy atom. The van der Waals surface area contributed by atoms with Crippen LogP contribution in [0.15, 0.2) is 48.7 Å². The first-order valence-corrected chi connectivity index (χ1v) is 13.5. The van der Waals surface area contributed by atoms with Gasteiger partial charge in [0.15, 0.2) is 0 Å². The number of imide groups is 2. The third-order valence-corrected chi connectivity index (χ3v) is 8.04. The number of aryl methyl sites for hydroxylation is 1. The summed E-state index contributed by atoms with van der Waals surface area (Å²) in [7, 11) is 1.75. The molecule has 5 amide bonds. The Balaban J connectivity index is 1.45. The molecule has 1 aromatic heterocycles. The Kier molecular flexibility index (Phi) is 6.02. The molecule has 2 aromatic carbocycles. The number of aromatic nitrogens is 1. The van der Waals surface area contributed by atoms with Crippen molar-refractivity contribution < 1.29 is 24.0 Å². The number of fused-ring (bicyclic) bond motifs is 2. The minimum absolute atomic E-state index is 0.00437. The lowest BCUT2D eigenvalue weighted by molar-refractivity contribution is -0.136. The lowest BCUT2D eigenvalue weighted by Gasteiger charge is -2.37. The molecule has 3 aliphatic heterocycles. The fraction of sp³-hybridized carbons (Fsp3) is 0.290. The van der Waals surface area contributed by atoms with Crippen LogP contribution in [0.2, 0.25) is 0 Å². The molecule has 0 radical (unpaired) electrons. The number of pyridine rings is 1. The average Bonchev–Trinajstić information content (AvgIpc) is 3.18. The lowest BCUT2D eigenvalue weighted by atomic mass is 9.79. The Hall–Kier alpha value is -4.86. The molecule has 41 heavy (non-hydrogen) atoms. The summed E-state index contributed by atoms with van der Waals surface area (Å²) in [5.74, 6) is -2.26. The molecule has 0 aliphatic carbocycles. The molecule has 2 N–H and O–H groups in total. The number of hydrogen-bond acceptors (Lipinski definition) is 7. The molecule has 1 saturated heterocycles. The fourth-order valence-electron chi connectivity index (χ4n) is 6.02. The molecule has 1 unspecified atom stereocenters. The van der Waals surface area contributed by atoms with E-state index in [-0.39, 0.29) is 29.9 Å². The fourth-order valence-corrected chi connectivity index (χ4v) is 6.02. The largest absolute Gasteiger partial charge is 0.354 e. The van der Waals surface area contributed by atoms with Gasteiger partial charge in [0.2, 0.25) is 17.7 Å². The molecular formula is C31H29N5O5. The van der Waals surface area contributed by atoms with Crippen molar-refractivity contribution in [1.82, 2.24) is 15.2 Å². The van der Waals surface area contributed by atoms with E-state index in [4.69, 9.17) is 0 Å². The second-order valence-corrected chi connectivity index (χ2v) is 11.4. The molecule has 1 fully saturated rings. The monoisotopic (exact) mass is 551 g/mol. The van der Waals surface area contributed by atoms with Gasteiger partial charge in [-0.1, -0.05) is 19.9 Å². The van der Waals surface area contributed by atoms with Gasteiger partial charge in [-0.2, -0.15) is 0 Å². The summed E-state index contributed by atoms with van der Waals surface area (Å²) < 4.78 is 0. The van der Waals surface area contributed by atoms with Crippen LogP contribution in [0.25, 0.3) is 11.1 Å². The summed E-state index contributed by atoms with van der Waals surface area (Å²) in [5, 5.41) is 5.60. The highest BCUT2D eigenvalue weighted by Crippen LogP contribution is 2.44. The van der Waals surface area contributed by atoms with E-state index in [0.29, 0.717) is 17.8 Å². The number of carbonyl (C=O) groups excluding carboxylic acids is 5. The molecule has 0 saturated carbocycles. The summed E-state index contributed by atoms with van der Waals surface area (Å²) in [4.78, 5) is 71.3. The van der Waals surface area contributed by atoms with Crippen molar-refractivity contribution >= 4 is 46.6 Å². The standard InChI is InChI=1S/C31H29N5O5/c1-16-12-17(10-11-32-16)20-13-18-15-31(2,3)30(41)35(4)24(18)14-22(20)33-21-7-5-6-19-26(21)29(40)36(28(19)39)23-8-9-25(37)34-27(23)38/h5-7,10-14,23,33H,8-9,15H2,1-4H3,(H,34,37,38). The predicted octanol–water partition coefficient (Wildman–Crippen LogP) is 3.75. The van der Waals surface area contributed by atoms with Crippen molar-refractivity contribution in [3.63, 3.8) is 0 Å². The minimum atomic E-state index is -1.06. The zero-order valence-corrected chi connectivity index (χ0v) is 23.2. The number of amides is 5. The molecule has 208 valence electrons. The SMILES string of the molecule is Cc1cc(-c2cc3c(cc2Nc2cccc4c2C(=O)N(C2CCC(=O)NC2=O)C4=O)N(C)C(=O)C(C)(C)C3)ccn1. The van der Waals surface area contributed by atoms with E-state index in [1.165, 1.54) is 0 Å². The van der Waals surface area contributed by atoms with Gasteiger partial charge in [-0.25, -0.2) is 0 Å². The van der Waals surface area contributed by atoms with E-state index >= 15 is 0 Å². The normalized spacial score (nSPS) is 19.7. The van der Waals surface area contributed by atoms with Gasteiger partial charge in [-0.3, -0.25) is 39.2 Å². The van der Waals surface area contributed by atoms with E-state index in [0.717, 1.165) is 33.0 Å². The van der Waals surface area contributed by atoms with Gasteiger partial charge >= 0.3 is 0 Å². The van der Waals surface area contributed by atoms with Crippen molar-refractivity contribution in [2.75, 3.05) is 17.3 Å². The van der Waals surface area contributed by atoms with Crippen molar-refractivity contribution in [3.8, 4) is 11.1 Å². The number of hydrogen-bond donors (Lipinski definition) is 2. The minimum Gasteiger partial charge on any atom is -0.354 e. The summed E-state index contributed by atoms with van der Waals surface area (Å²) in [6.45, 7) is 5.77. The van der Waals surface area contributed by atoms with Crippen LogP contribution < -0.4 is 15.5 Å². The van der Waals surface area contributed by atoms with Gasteiger partial charge in [0.25, 0.3) is 11.8 Å². The van der Waals surface area contributed by atoms with Crippen LogP contribution in [-0.2, 0) is 20.8 Å². The number of benzene rings is 2. The number of nitrogens with zero attached hydrogens (tertiary/aromatic N) is 3. The molecule has 0 spiro atoms. The van der Waals surface area contributed by atoms with Crippen molar-refractivity contribution in [3.05, 3.63) is 71.0 Å². The van der Waals surface area contributed by atoms with Crippen LogP contribution >= 0.6 is 0 Å². The summed E-state index contributed by atoms with van der Waals surface area (Å²) in [5.41, 5.74) is 5.17. The Bertz CT molecular complexity index is 1690. The highest BCUT2D eigenvalue weighted by atomic mass is 16.2. The molecule has 0 bridgehead atoms. The highest BCUT2D eigenvalue weighted by Gasteiger charge is 2.46. The maximum atomic E-state index is 13.7. The zero-order chi connectivity index (χ0) is 29.2. The van der Waals surface area contributed by atoms with Crippen LogP contribution in [0.1, 0.15) is 58.7 Å². The number of carbonyl (C=O) groups is 5. The van der Waals surface area contributed by atoms with E-state index in [2.05, 4.69) is 21.7 Å². The quantitative estimate of drug-likeness (QED) is 0.473. The van der Waals surface area contributed by atoms with Crippen LogP contribution in [0, 0.1) is 12.3 Å². The highest BCUT2D eigenvalue weighted by molar-refractivity contribution is 6.25. The van der Waals surface area contributed by atoms with Gasteiger partial charge < -0.3 is 10.2 Å². The summed E-state index contributed by atoms with van der Waals surface area (Å²) >= 11 is 0. The molecule has 10 nitrogen and oxygen atoms in total. The smallest absolute Gasteiger partial charge is 0.264 e. The van der Waals surface area contributed by atoms with E-state index in [1.807, 2.05) is 39.0 Å². The number of nitrogens with one attached hydrogen (secondary N) is 2. The Labute approximate surface area is 236 Å². The van der Waals surface area contributed by atoms with Crippen molar-refractivity contribution in [2.24, 2.45) is 5.41 Å². The molecule has 6 rings (SSSR count). The van der Waals surface area contributed by atoms with Crippen molar-refractivity contribution in [1.29, 1.82) is 0 Å². The van der Waals surface area contributed by atoms with Crippen LogP contribution in [0.4, 0.5) is 17.1 Å². The Morgan fingerprint density at radius 3 is 2.49 bits per heavy atom. The van der Waals surface area contributed by atoms with Gasteiger partial charge in [-0.05, 0) is 67.3 Å². The maximum Gasteiger partial charge on any atom is 0.264 e. The number of anilines is 3.